The zero-order valence-electron chi connectivity index (χ0n) is 18.8. The van der Waals surface area contributed by atoms with E-state index in [0.29, 0.717) is 24.0 Å². The summed E-state index contributed by atoms with van der Waals surface area (Å²) in [7, 11) is 0. The van der Waals surface area contributed by atoms with Crippen LogP contribution in [0.4, 0.5) is 13.2 Å². The molecule has 2 atom stereocenters. The molecule has 0 aliphatic carbocycles. The minimum absolute atomic E-state index is 0.0784. The number of nitrogens with one attached hydrogen (secondary N) is 1. The Morgan fingerprint density at radius 3 is 2.53 bits per heavy atom. The van der Waals surface area contributed by atoms with E-state index < -0.39 is 23.7 Å². The van der Waals surface area contributed by atoms with E-state index in [-0.39, 0.29) is 29.6 Å². The van der Waals surface area contributed by atoms with Crippen LogP contribution in [0, 0.1) is 0 Å². The number of likely N-dealkylation sites (tertiary alicyclic amines) is 1. The summed E-state index contributed by atoms with van der Waals surface area (Å²) >= 11 is 0. The highest BCUT2D eigenvalue weighted by molar-refractivity contribution is 5.96. The molecule has 0 aromatic carbocycles. The van der Waals surface area contributed by atoms with Crippen molar-refractivity contribution in [1.29, 1.82) is 0 Å². The fraction of sp³-hybridized carbons (Fsp3) is 0.391. The molecule has 1 N–H and O–H groups in total. The quantitative estimate of drug-likeness (QED) is 0.612. The van der Waals surface area contributed by atoms with Crippen LogP contribution in [0.1, 0.15) is 36.8 Å². The van der Waals surface area contributed by atoms with Crippen molar-refractivity contribution in [2.75, 3.05) is 13.1 Å². The van der Waals surface area contributed by atoms with Crippen LogP contribution in [0.25, 0.3) is 16.7 Å². The lowest BCUT2D eigenvalue weighted by Crippen LogP contribution is -2.45. The maximum absolute atomic E-state index is 13.0. The Bertz CT molecular complexity index is 1210. The van der Waals surface area contributed by atoms with Crippen molar-refractivity contribution in [2.45, 2.75) is 45.2 Å². The SMILES string of the molecule is CC(=O)N1C[C@@H](NC(=O)c2cc3c(ccn3-c3ccc(C(F)(F)F)cn3)cn2)[C@H](OC(C)C)C1. The van der Waals surface area contributed by atoms with Crippen LogP contribution in [0.15, 0.2) is 42.9 Å². The Kier molecular flexibility index (Phi) is 6.30. The van der Waals surface area contributed by atoms with Crippen molar-refractivity contribution in [2.24, 2.45) is 0 Å². The van der Waals surface area contributed by atoms with E-state index in [9.17, 15) is 22.8 Å². The molecule has 4 rings (SSSR count). The molecule has 3 aromatic rings. The van der Waals surface area contributed by atoms with E-state index in [1.807, 2.05) is 13.8 Å². The van der Waals surface area contributed by atoms with Crippen molar-refractivity contribution in [3.05, 3.63) is 54.1 Å². The predicted octanol–water partition coefficient (Wildman–Crippen LogP) is 3.19. The minimum atomic E-state index is -4.48. The fourth-order valence-corrected chi connectivity index (χ4v) is 3.95. The van der Waals surface area contributed by atoms with E-state index in [1.54, 1.807) is 27.8 Å². The van der Waals surface area contributed by atoms with Crippen molar-refractivity contribution in [1.82, 2.24) is 24.8 Å². The van der Waals surface area contributed by atoms with Crippen LogP contribution in [0.5, 0.6) is 0 Å². The van der Waals surface area contributed by atoms with Crippen LogP contribution < -0.4 is 5.32 Å². The molecule has 0 unspecified atom stereocenters. The molecule has 180 valence electrons. The largest absolute Gasteiger partial charge is 0.417 e. The normalized spacial score (nSPS) is 18.6. The third-order valence-electron chi connectivity index (χ3n) is 5.60. The van der Waals surface area contributed by atoms with E-state index in [4.69, 9.17) is 4.74 Å². The Balaban J connectivity index is 1.58. The van der Waals surface area contributed by atoms with Gasteiger partial charge in [0.05, 0.1) is 29.3 Å². The van der Waals surface area contributed by atoms with E-state index in [1.165, 1.54) is 19.2 Å². The molecular formula is C23H24F3N5O3. The summed E-state index contributed by atoms with van der Waals surface area (Å²) in [4.78, 5) is 34.6. The molecule has 11 heteroatoms. The Morgan fingerprint density at radius 1 is 1.15 bits per heavy atom. The number of alkyl halides is 3. The first-order valence-electron chi connectivity index (χ1n) is 10.8. The minimum Gasteiger partial charge on any atom is -0.372 e. The predicted molar refractivity (Wildman–Crippen MR) is 117 cm³/mol. The average molecular weight is 475 g/mol. The van der Waals surface area contributed by atoms with E-state index >= 15 is 0 Å². The number of ether oxygens (including phenoxy) is 1. The number of fused-ring (bicyclic) bond motifs is 1. The van der Waals surface area contributed by atoms with Crippen molar-refractivity contribution in [3.8, 4) is 5.82 Å². The van der Waals surface area contributed by atoms with Crippen LogP contribution >= 0.6 is 0 Å². The standard InChI is InChI=1S/C23H24F3N5O3/c1-13(2)34-20-12-30(14(3)32)11-18(20)29-22(33)17-8-19-15(9-27-17)6-7-31(19)21-5-4-16(10-28-21)23(24,25)26/h4-10,13,18,20H,11-12H2,1-3H3,(H,29,33)/t18-,20-/m1/s1. The number of carbonyl (C=O) groups is 2. The molecular weight excluding hydrogens is 451 g/mol. The number of hydrogen-bond donors (Lipinski definition) is 1. The smallest absolute Gasteiger partial charge is 0.372 e. The third-order valence-corrected chi connectivity index (χ3v) is 5.60. The summed E-state index contributed by atoms with van der Waals surface area (Å²) in [6.07, 6.45) is -0.968. The van der Waals surface area contributed by atoms with Gasteiger partial charge in [0.25, 0.3) is 5.91 Å². The molecule has 0 radical (unpaired) electrons. The van der Waals surface area contributed by atoms with Gasteiger partial charge >= 0.3 is 6.18 Å². The zero-order chi connectivity index (χ0) is 24.6. The number of nitrogens with zero attached hydrogens (tertiary/aromatic N) is 4. The second kappa shape index (κ2) is 9.05. The average Bonchev–Trinajstić information content (AvgIpc) is 3.36. The number of aromatic nitrogens is 3. The first kappa shape index (κ1) is 23.7. The number of pyridine rings is 2. The molecule has 1 aliphatic rings. The molecule has 0 saturated carbocycles. The summed E-state index contributed by atoms with van der Waals surface area (Å²) in [5.74, 6) is -0.267. The van der Waals surface area contributed by atoms with Crippen LogP contribution in [0.3, 0.4) is 0 Å². The second-order valence-corrected chi connectivity index (χ2v) is 8.44. The summed E-state index contributed by atoms with van der Waals surface area (Å²) in [6.45, 7) is 5.94. The van der Waals surface area contributed by atoms with Gasteiger partial charge in [0, 0.05) is 44.0 Å². The van der Waals surface area contributed by atoms with Gasteiger partial charge in [-0.1, -0.05) is 0 Å². The molecule has 1 fully saturated rings. The monoisotopic (exact) mass is 475 g/mol. The highest BCUT2D eigenvalue weighted by Crippen LogP contribution is 2.29. The van der Waals surface area contributed by atoms with Crippen molar-refractivity contribution < 1.29 is 27.5 Å². The van der Waals surface area contributed by atoms with Gasteiger partial charge in [-0.15, -0.1) is 0 Å². The van der Waals surface area contributed by atoms with Gasteiger partial charge in [0.15, 0.2) is 0 Å². The van der Waals surface area contributed by atoms with Crippen molar-refractivity contribution in [3.63, 3.8) is 0 Å². The fourth-order valence-electron chi connectivity index (χ4n) is 3.95. The molecule has 0 spiro atoms. The van der Waals surface area contributed by atoms with E-state index in [0.717, 1.165) is 12.3 Å². The van der Waals surface area contributed by atoms with E-state index in [2.05, 4.69) is 15.3 Å². The summed E-state index contributed by atoms with van der Waals surface area (Å²) < 4.78 is 46.1. The molecule has 1 saturated heterocycles. The summed E-state index contributed by atoms with van der Waals surface area (Å²) in [6, 6.07) is 5.11. The number of carbonyl (C=O) groups excluding carboxylic acids is 2. The number of hydrogen-bond acceptors (Lipinski definition) is 5. The van der Waals surface area contributed by atoms with Gasteiger partial charge in [0.2, 0.25) is 5.91 Å². The summed E-state index contributed by atoms with van der Waals surface area (Å²) in [5, 5.41) is 3.60. The van der Waals surface area contributed by atoms with Crippen LogP contribution in [-0.2, 0) is 15.7 Å². The molecule has 0 bridgehead atoms. The second-order valence-electron chi connectivity index (χ2n) is 8.44. The maximum Gasteiger partial charge on any atom is 0.417 e. The Hall–Kier alpha value is -3.47. The molecule has 2 amide bonds. The topological polar surface area (TPSA) is 89.4 Å². The van der Waals surface area contributed by atoms with Crippen LogP contribution in [0.2, 0.25) is 0 Å². The molecule has 1 aliphatic heterocycles. The zero-order valence-corrected chi connectivity index (χ0v) is 18.8. The van der Waals surface area contributed by atoms with Gasteiger partial charge < -0.3 is 19.5 Å². The lowest BCUT2D eigenvalue weighted by atomic mass is 10.2. The first-order chi connectivity index (χ1) is 16.0. The van der Waals surface area contributed by atoms with Crippen LogP contribution in [-0.4, -0.2) is 62.6 Å². The Labute approximate surface area is 193 Å². The number of amides is 2. The highest BCUT2D eigenvalue weighted by Gasteiger charge is 2.36. The van der Waals surface area contributed by atoms with Gasteiger partial charge in [-0.2, -0.15) is 13.2 Å². The number of rotatable bonds is 5. The molecule has 8 nitrogen and oxygen atoms in total. The Morgan fingerprint density at radius 2 is 1.91 bits per heavy atom. The lowest BCUT2D eigenvalue weighted by molar-refractivity contribution is -0.137. The van der Waals surface area contributed by atoms with Gasteiger partial charge in [-0.3, -0.25) is 14.6 Å². The maximum atomic E-state index is 13.0. The van der Waals surface area contributed by atoms with Crippen molar-refractivity contribution >= 4 is 22.7 Å². The molecule has 4 heterocycles. The summed E-state index contributed by atoms with van der Waals surface area (Å²) in [5.41, 5.74) is -0.146. The molecule has 3 aromatic heterocycles. The lowest BCUT2D eigenvalue weighted by Gasteiger charge is -2.22. The first-order valence-corrected chi connectivity index (χ1v) is 10.8. The highest BCUT2D eigenvalue weighted by atomic mass is 19.4. The van der Waals surface area contributed by atoms with Gasteiger partial charge in [-0.25, -0.2) is 4.98 Å². The van der Waals surface area contributed by atoms with Gasteiger partial charge in [-0.05, 0) is 38.1 Å². The molecule has 34 heavy (non-hydrogen) atoms. The number of halogens is 3. The van der Waals surface area contributed by atoms with Gasteiger partial charge in [0.1, 0.15) is 11.5 Å². The third kappa shape index (κ3) is 4.89.